The second-order valence-corrected chi connectivity index (χ2v) is 10.7. The number of anilines is 2. The number of nitrogens with one attached hydrogen (secondary N) is 2. The zero-order valence-electron chi connectivity index (χ0n) is 25.5. The van der Waals surface area contributed by atoms with Crippen LogP contribution >= 0.6 is 0 Å². The summed E-state index contributed by atoms with van der Waals surface area (Å²) in [5.74, 6) is -1.48. The molecule has 1 heterocycles. The number of carbonyl (C=O) groups is 2. The van der Waals surface area contributed by atoms with Crippen LogP contribution in [0.25, 0.3) is 0 Å². The maximum atomic E-state index is 13.0. The predicted molar refractivity (Wildman–Crippen MR) is 163 cm³/mol. The monoisotopic (exact) mass is 604 g/mol. The number of hydrogen-bond donors (Lipinski definition) is 6. The van der Waals surface area contributed by atoms with E-state index in [4.69, 9.17) is 19.9 Å². The molecule has 1 aromatic carbocycles. The van der Waals surface area contributed by atoms with E-state index in [2.05, 4.69) is 15.8 Å². The molecule has 0 fully saturated rings. The molecule has 2 bridgehead atoms. The van der Waals surface area contributed by atoms with Crippen molar-refractivity contribution in [3.05, 3.63) is 52.0 Å². The Kier molecular flexibility index (Phi) is 13.8. The zero-order valence-corrected chi connectivity index (χ0v) is 25.5. The van der Waals surface area contributed by atoms with E-state index in [1.807, 2.05) is 6.92 Å². The van der Waals surface area contributed by atoms with E-state index >= 15 is 0 Å². The number of phenolic OH excluding ortho intramolecular Hbond substituents is 1. The number of aliphatic hydroxyl groups excluding tert-OH is 2. The summed E-state index contributed by atoms with van der Waals surface area (Å²) >= 11 is 0. The second-order valence-electron chi connectivity index (χ2n) is 10.7. The summed E-state index contributed by atoms with van der Waals surface area (Å²) in [5.41, 5.74) is 6.64. The molecule has 13 nitrogen and oxygen atoms in total. The van der Waals surface area contributed by atoms with Crippen LogP contribution in [0.2, 0.25) is 0 Å². The summed E-state index contributed by atoms with van der Waals surface area (Å²) in [4.78, 5) is 36.6. The van der Waals surface area contributed by atoms with E-state index in [1.165, 1.54) is 26.4 Å². The molecule has 43 heavy (non-hydrogen) atoms. The van der Waals surface area contributed by atoms with Gasteiger partial charge in [-0.25, -0.2) is 4.79 Å². The molecule has 1 aromatic rings. The van der Waals surface area contributed by atoms with Crippen LogP contribution in [-0.4, -0.2) is 79.1 Å². The minimum atomic E-state index is -1.01. The van der Waals surface area contributed by atoms with Gasteiger partial charge in [-0.1, -0.05) is 38.2 Å². The predicted octanol–water partition coefficient (Wildman–Crippen LogP) is 3.65. The van der Waals surface area contributed by atoms with Gasteiger partial charge in [0.15, 0.2) is 6.10 Å². The van der Waals surface area contributed by atoms with Crippen molar-refractivity contribution in [2.45, 2.75) is 65.0 Å². The van der Waals surface area contributed by atoms with Crippen LogP contribution in [0, 0.1) is 16.7 Å². The van der Waals surface area contributed by atoms with Crippen LogP contribution in [0.5, 0.6) is 5.75 Å². The van der Waals surface area contributed by atoms with Gasteiger partial charge in [0, 0.05) is 37.8 Å². The summed E-state index contributed by atoms with van der Waals surface area (Å²) in [7, 11) is 2.91. The van der Waals surface area contributed by atoms with Crippen LogP contribution in [0.3, 0.4) is 0 Å². The lowest BCUT2D eigenvalue weighted by Gasteiger charge is -2.29. The highest BCUT2D eigenvalue weighted by molar-refractivity contribution is 6.05. The lowest BCUT2D eigenvalue weighted by Crippen LogP contribution is -2.37. The topological polar surface area (TPSA) is 202 Å². The fourth-order valence-corrected chi connectivity index (χ4v) is 5.06. The molecule has 238 valence electrons. The summed E-state index contributed by atoms with van der Waals surface area (Å²) in [6.45, 7) is 6.82. The Labute approximate surface area is 251 Å². The SMILES string of the molecule is CO[C@H]1/C=C\C=C(/C)C(=O)Nc2cc(N=O)c(NCCO)c(c2O)C[C@@H](C)C[C@H](OC)[C@H](O)[C@@H](C)/C=C(\C)[C@@H]1OC(N)=O. The Morgan fingerprint density at radius 3 is 2.51 bits per heavy atom. The second kappa shape index (κ2) is 16.8. The van der Waals surface area contributed by atoms with E-state index in [0.29, 0.717) is 17.6 Å². The van der Waals surface area contributed by atoms with E-state index in [0.717, 1.165) is 0 Å². The minimum absolute atomic E-state index is 0.0209. The lowest BCUT2D eigenvalue weighted by atomic mass is 9.87. The number of amides is 2. The molecular weight excluding hydrogens is 560 g/mol. The fraction of sp³-hybridized carbons (Fsp3) is 0.533. The molecule has 1 aliphatic rings. The number of rotatable bonds is 7. The zero-order chi connectivity index (χ0) is 32.3. The van der Waals surface area contributed by atoms with Crippen molar-refractivity contribution in [1.29, 1.82) is 0 Å². The number of phenols is 1. The van der Waals surface area contributed by atoms with Gasteiger partial charge in [0.05, 0.1) is 30.2 Å². The number of carbonyl (C=O) groups excluding carboxylic acids is 2. The molecular formula is C30H44N4O9. The number of primary amides is 1. The first-order chi connectivity index (χ1) is 20.4. The molecule has 0 unspecified atom stereocenters. The number of nitrogens with two attached hydrogens (primary N) is 1. The molecule has 0 saturated heterocycles. The van der Waals surface area contributed by atoms with Gasteiger partial charge in [-0.15, -0.1) is 4.91 Å². The molecule has 2 amide bonds. The Morgan fingerprint density at radius 2 is 1.93 bits per heavy atom. The largest absolute Gasteiger partial charge is 0.505 e. The summed E-state index contributed by atoms with van der Waals surface area (Å²) in [6, 6.07) is 1.25. The molecule has 0 radical (unpaired) electrons. The van der Waals surface area contributed by atoms with Crippen molar-refractivity contribution in [1.82, 2.24) is 0 Å². The number of ether oxygens (including phenoxy) is 3. The van der Waals surface area contributed by atoms with Crippen molar-refractivity contribution >= 4 is 29.1 Å². The standard InChI is InChI=1S/C30H44N4O9/c1-16-12-20-25(32-10-11-35)21(34-40)15-22(27(20)37)33-29(38)17(2)8-7-9-23(41-5)28(43-30(31)39)19(4)14-18(3)26(36)24(13-16)42-6/h7-9,14-16,18,23-24,26,28,32,35-37H,10-13H2,1-6H3,(H2,31,39)(H,33,38)/b9-7-,17-8+,19-14+/t16-,18+,23+,24+,26-,28+/m1/s1. The summed E-state index contributed by atoms with van der Waals surface area (Å²) in [5, 5.41) is 40.5. The first kappa shape index (κ1) is 35.4. The highest BCUT2D eigenvalue weighted by Gasteiger charge is 2.30. The van der Waals surface area contributed by atoms with Gasteiger partial charge < -0.3 is 45.9 Å². The highest BCUT2D eigenvalue weighted by atomic mass is 16.6. The highest BCUT2D eigenvalue weighted by Crippen LogP contribution is 2.43. The average Bonchev–Trinajstić information content (AvgIpc) is 2.97. The van der Waals surface area contributed by atoms with Gasteiger partial charge in [0.2, 0.25) is 0 Å². The van der Waals surface area contributed by atoms with E-state index in [-0.39, 0.29) is 53.9 Å². The van der Waals surface area contributed by atoms with E-state index in [9.17, 15) is 29.8 Å². The number of methoxy groups -OCH3 is 2. The average molecular weight is 605 g/mol. The van der Waals surface area contributed by atoms with Gasteiger partial charge in [0.25, 0.3) is 5.91 Å². The molecule has 6 atom stereocenters. The van der Waals surface area contributed by atoms with Crippen molar-refractivity contribution < 1.29 is 39.1 Å². The third kappa shape index (κ3) is 9.61. The van der Waals surface area contributed by atoms with Crippen molar-refractivity contribution in [2.24, 2.45) is 22.7 Å². The number of hydrogen-bond acceptors (Lipinski definition) is 11. The summed E-state index contributed by atoms with van der Waals surface area (Å²) in [6.07, 6.45) is 2.63. The Morgan fingerprint density at radius 1 is 1.23 bits per heavy atom. The number of benzene rings is 1. The molecule has 2 rings (SSSR count). The van der Waals surface area contributed by atoms with Crippen molar-refractivity contribution in [3.8, 4) is 5.75 Å². The first-order valence-electron chi connectivity index (χ1n) is 14.0. The Bertz CT molecular complexity index is 1230. The fourth-order valence-electron chi connectivity index (χ4n) is 5.06. The Hall–Kier alpha value is -3.78. The maximum Gasteiger partial charge on any atom is 0.405 e. The third-order valence-electron chi connectivity index (χ3n) is 7.34. The van der Waals surface area contributed by atoms with Gasteiger partial charge in [-0.05, 0) is 49.4 Å². The molecule has 0 spiro atoms. The first-order valence-corrected chi connectivity index (χ1v) is 14.0. The van der Waals surface area contributed by atoms with Gasteiger partial charge in [0.1, 0.15) is 17.5 Å². The number of fused-ring (bicyclic) bond motifs is 2. The number of nitroso groups, excluding NO2 is 1. The van der Waals surface area contributed by atoms with Gasteiger partial charge >= 0.3 is 6.09 Å². The lowest BCUT2D eigenvalue weighted by molar-refractivity contribution is -0.112. The number of aliphatic hydroxyl groups is 2. The number of aromatic hydroxyl groups is 1. The van der Waals surface area contributed by atoms with Gasteiger partial charge in [-0.2, -0.15) is 0 Å². The number of allylic oxidation sites excluding steroid dienone is 2. The Balaban J connectivity index is 2.70. The van der Waals surface area contributed by atoms with Gasteiger partial charge in [-0.3, -0.25) is 4.79 Å². The molecule has 7 N–H and O–H groups in total. The summed E-state index contributed by atoms with van der Waals surface area (Å²) < 4.78 is 16.6. The van der Waals surface area contributed by atoms with Crippen LogP contribution < -0.4 is 16.4 Å². The van der Waals surface area contributed by atoms with Crippen molar-refractivity contribution in [3.63, 3.8) is 0 Å². The minimum Gasteiger partial charge on any atom is -0.505 e. The molecule has 1 aliphatic heterocycles. The van der Waals surface area contributed by atoms with E-state index in [1.54, 1.807) is 39.0 Å². The smallest absolute Gasteiger partial charge is 0.405 e. The molecule has 0 aliphatic carbocycles. The molecule has 0 saturated carbocycles. The van der Waals surface area contributed by atoms with Crippen LogP contribution in [0.1, 0.15) is 39.7 Å². The van der Waals surface area contributed by atoms with Crippen LogP contribution in [0.4, 0.5) is 21.9 Å². The third-order valence-corrected chi connectivity index (χ3v) is 7.34. The maximum absolute atomic E-state index is 13.0. The normalized spacial score (nSPS) is 28.9. The molecule has 0 aromatic heterocycles. The number of nitrogens with zero attached hydrogens (tertiary/aromatic N) is 1. The molecule has 13 heteroatoms. The van der Waals surface area contributed by atoms with E-state index < -0.39 is 42.3 Å². The quantitative estimate of drug-likeness (QED) is 0.151. The van der Waals surface area contributed by atoms with Crippen LogP contribution in [0.15, 0.2) is 46.7 Å². The van der Waals surface area contributed by atoms with Crippen LogP contribution in [-0.2, 0) is 25.4 Å². The van der Waals surface area contributed by atoms with Crippen molar-refractivity contribution in [2.75, 3.05) is 38.0 Å².